The summed E-state index contributed by atoms with van der Waals surface area (Å²) in [5.74, 6) is 0.787. The van der Waals surface area contributed by atoms with Crippen molar-refractivity contribution in [3.63, 3.8) is 0 Å². The summed E-state index contributed by atoms with van der Waals surface area (Å²) in [5, 5.41) is 4.06. The molecule has 0 aliphatic heterocycles. The number of ether oxygens (including phenoxy) is 1. The second kappa shape index (κ2) is 5.50. The van der Waals surface area contributed by atoms with E-state index < -0.39 is 0 Å². The van der Waals surface area contributed by atoms with Crippen LogP contribution in [0, 0.1) is 0 Å². The summed E-state index contributed by atoms with van der Waals surface area (Å²) in [4.78, 5) is 0. The van der Waals surface area contributed by atoms with E-state index in [0.29, 0.717) is 13.2 Å². The highest BCUT2D eigenvalue weighted by Crippen LogP contribution is 2.14. The Balaban J connectivity index is 2.03. The molecule has 0 saturated heterocycles. The Morgan fingerprint density at radius 2 is 2.06 bits per heavy atom. The Labute approximate surface area is 101 Å². The van der Waals surface area contributed by atoms with Gasteiger partial charge in [0.25, 0.3) is 0 Å². The molecular formula is C13H17N3O. The van der Waals surface area contributed by atoms with Crippen LogP contribution in [0.5, 0.6) is 5.75 Å². The number of aryl methyl sites for hydroxylation is 1. The highest BCUT2D eigenvalue weighted by atomic mass is 16.5. The third-order valence-corrected chi connectivity index (χ3v) is 2.61. The Morgan fingerprint density at radius 1 is 1.29 bits per heavy atom. The van der Waals surface area contributed by atoms with Crippen molar-refractivity contribution in [2.24, 2.45) is 12.8 Å². The molecule has 4 heteroatoms. The first-order chi connectivity index (χ1) is 8.29. The lowest BCUT2D eigenvalue weighted by atomic mass is 10.1. The van der Waals surface area contributed by atoms with E-state index in [1.54, 1.807) is 10.9 Å². The molecule has 0 saturated carbocycles. The number of nitrogens with two attached hydrogens (primary N) is 1. The minimum Gasteiger partial charge on any atom is -0.486 e. The molecule has 0 atom stereocenters. The van der Waals surface area contributed by atoms with Crippen LogP contribution in [0.25, 0.3) is 0 Å². The van der Waals surface area contributed by atoms with Crippen LogP contribution in [-0.4, -0.2) is 16.3 Å². The van der Waals surface area contributed by atoms with Crippen molar-refractivity contribution in [2.45, 2.75) is 13.0 Å². The quantitative estimate of drug-likeness (QED) is 0.848. The lowest BCUT2D eigenvalue weighted by Crippen LogP contribution is -2.06. The predicted octanol–water partition coefficient (Wildman–Crippen LogP) is 1.50. The van der Waals surface area contributed by atoms with Crippen LogP contribution in [-0.2, 0) is 20.1 Å². The summed E-state index contributed by atoms with van der Waals surface area (Å²) >= 11 is 0. The summed E-state index contributed by atoms with van der Waals surface area (Å²) in [7, 11) is 1.87. The molecular weight excluding hydrogens is 214 g/mol. The topological polar surface area (TPSA) is 53.1 Å². The van der Waals surface area contributed by atoms with Gasteiger partial charge < -0.3 is 10.5 Å². The second-order valence-corrected chi connectivity index (χ2v) is 3.95. The SMILES string of the molecule is Cn1cc(OCc2ccccc2CCN)cn1. The van der Waals surface area contributed by atoms with E-state index in [1.165, 1.54) is 11.1 Å². The predicted molar refractivity (Wildman–Crippen MR) is 66.7 cm³/mol. The van der Waals surface area contributed by atoms with Crippen molar-refractivity contribution in [2.75, 3.05) is 6.54 Å². The van der Waals surface area contributed by atoms with Crippen LogP contribution in [0.2, 0.25) is 0 Å². The maximum Gasteiger partial charge on any atom is 0.157 e. The van der Waals surface area contributed by atoms with Crippen LogP contribution in [0.1, 0.15) is 11.1 Å². The van der Waals surface area contributed by atoms with Crippen molar-refractivity contribution < 1.29 is 4.74 Å². The smallest absolute Gasteiger partial charge is 0.157 e. The third-order valence-electron chi connectivity index (χ3n) is 2.61. The van der Waals surface area contributed by atoms with Gasteiger partial charge in [0.05, 0.1) is 12.4 Å². The van der Waals surface area contributed by atoms with Gasteiger partial charge in [-0.15, -0.1) is 0 Å². The lowest BCUT2D eigenvalue weighted by molar-refractivity contribution is 0.304. The molecule has 17 heavy (non-hydrogen) atoms. The second-order valence-electron chi connectivity index (χ2n) is 3.95. The fourth-order valence-electron chi connectivity index (χ4n) is 1.73. The Morgan fingerprint density at radius 3 is 2.71 bits per heavy atom. The van der Waals surface area contributed by atoms with E-state index >= 15 is 0 Å². The molecule has 0 radical (unpaired) electrons. The normalized spacial score (nSPS) is 10.5. The van der Waals surface area contributed by atoms with Crippen molar-refractivity contribution in [1.82, 2.24) is 9.78 Å². The van der Waals surface area contributed by atoms with E-state index in [9.17, 15) is 0 Å². The van der Waals surface area contributed by atoms with Crippen LogP contribution in [0.4, 0.5) is 0 Å². The van der Waals surface area contributed by atoms with Crippen LogP contribution in [0.15, 0.2) is 36.7 Å². The fourth-order valence-corrected chi connectivity index (χ4v) is 1.73. The van der Waals surface area contributed by atoms with Crippen molar-refractivity contribution in [3.8, 4) is 5.75 Å². The molecule has 2 N–H and O–H groups in total. The lowest BCUT2D eigenvalue weighted by Gasteiger charge is -2.08. The Kier molecular flexibility index (Phi) is 3.77. The van der Waals surface area contributed by atoms with Gasteiger partial charge >= 0.3 is 0 Å². The molecule has 0 unspecified atom stereocenters. The van der Waals surface area contributed by atoms with Gasteiger partial charge in [0.15, 0.2) is 5.75 Å². The zero-order chi connectivity index (χ0) is 12.1. The highest BCUT2D eigenvalue weighted by Gasteiger charge is 2.03. The first kappa shape index (κ1) is 11.7. The van der Waals surface area contributed by atoms with Gasteiger partial charge in [-0.05, 0) is 24.1 Å². The molecule has 0 fully saturated rings. The summed E-state index contributed by atoms with van der Waals surface area (Å²) in [6.45, 7) is 1.21. The molecule has 0 amide bonds. The highest BCUT2D eigenvalue weighted by molar-refractivity contribution is 5.27. The van der Waals surface area contributed by atoms with E-state index in [1.807, 2.05) is 25.4 Å². The number of aromatic nitrogens is 2. The largest absolute Gasteiger partial charge is 0.486 e. The zero-order valence-corrected chi connectivity index (χ0v) is 9.97. The van der Waals surface area contributed by atoms with Gasteiger partial charge in [-0.1, -0.05) is 24.3 Å². The Bertz CT molecular complexity index is 479. The Hall–Kier alpha value is -1.81. The van der Waals surface area contributed by atoms with Crippen LogP contribution >= 0.6 is 0 Å². The average Bonchev–Trinajstić information content (AvgIpc) is 2.74. The molecule has 2 aromatic rings. The van der Waals surface area contributed by atoms with Gasteiger partial charge in [-0.25, -0.2) is 0 Å². The van der Waals surface area contributed by atoms with Gasteiger partial charge in [0.2, 0.25) is 0 Å². The van der Waals surface area contributed by atoms with Crippen molar-refractivity contribution in [1.29, 1.82) is 0 Å². The number of hydrogen-bond donors (Lipinski definition) is 1. The molecule has 4 nitrogen and oxygen atoms in total. The van der Waals surface area contributed by atoms with Crippen molar-refractivity contribution >= 4 is 0 Å². The van der Waals surface area contributed by atoms with Crippen molar-refractivity contribution in [3.05, 3.63) is 47.8 Å². The van der Waals surface area contributed by atoms with Crippen LogP contribution < -0.4 is 10.5 Å². The molecule has 1 heterocycles. The van der Waals surface area contributed by atoms with E-state index in [2.05, 4.69) is 17.2 Å². The number of nitrogens with zero attached hydrogens (tertiary/aromatic N) is 2. The monoisotopic (exact) mass is 231 g/mol. The third kappa shape index (κ3) is 3.07. The summed E-state index contributed by atoms with van der Waals surface area (Å²) < 4.78 is 7.40. The molecule has 0 spiro atoms. The van der Waals surface area contributed by atoms with E-state index in [4.69, 9.17) is 10.5 Å². The molecule has 2 rings (SSSR count). The number of rotatable bonds is 5. The number of benzene rings is 1. The average molecular weight is 231 g/mol. The molecule has 1 aromatic carbocycles. The fraction of sp³-hybridized carbons (Fsp3) is 0.308. The molecule has 0 aliphatic carbocycles. The maximum atomic E-state index is 5.68. The minimum absolute atomic E-state index is 0.557. The number of hydrogen-bond acceptors (Lipinski definition) is 3. The molecule has 0 bridgehead atoms. The maximum absolute atomic E-state index is 5.68. The van der Waals surface area contributed by atoms with Gasteiger partial charge in [0, 0.05) is 7.05 Å². The standard InChI is InChI=1S/C13H17N3O/c1-16-9-13(8-15-16)17-10-12-5-3-2-4-11(12)6-7-14/h2-5,8-9H,6-7,10,14H2,1H3. The van der Waals surface area contributed by atoms with Gasteiger partial charge in [0.1, 0.15) is 6.61 Å². The van der Waals surface area contributed by atoms with E-state index in [-0.39, 0.29) is 0 Å². The summed E-state index contributed by atoms with van der Waals surface area (Å²) in [5.41, 5.74) is 8.02. The zero-order valence-electron chi connectivity index (χ0n) is 9.97. The minimum atomic E-state index is 0.557. The van der Waals surface area contributed by atoms with Gasteiger partial charge in [-0.2, -0.15) is 5.10 Å². The molecule has 90 valence electrons. The first-order valence-corrected chi connectivity index (χ1v) is 5.68. The summed E-state index contributed by atoms with van der Waals surface area (Å²) in [6, 6.07) is 8.21. The first-order valence-electron chi connectivity index (χ1n) is 5.68. The van der Waals surface area contributed by atoms with E-state index in [0.717, 1.165) is 12.2 Å². The molecule has 0 aliphatic rings. The molecule has 1 aromatic heterocycles. The van der Waals surface area contributed by atoms with Crippen LogP contribution in [0.3, 0.4) is 0 Å². The summed E-state index contributed by atoms with van der Waals surface area (Å²) in [6.07, 6.45) is 4.45. The van der Waals surface area contributed by atoms with Gasteiger partial charge in [-0.3, -0.25) is 4.68 Å².